The number of carbonyl (C=O) groups excluding carboxylic acids is 3. The van der Waals surface area contributed by atoms with Crippen molar-refractivity contribution in [1.82, 2.24) is 15.3 Å². The van der Waals surface area contributed by atoms with Crippen molar-refractivity contribution < 1.29 is 32.3 Å². The lowest BCUT2D eigenvalue weighted by Gasteiger charge is -2.40. The summed E-state index contributed by atoms with van der Waals surface area (Å²) in [5.41, 5.74) is 5.05. The zero-order valence-corrected chi connectivity index (χ0v) is 17.4. The number of carbonyl (C=O) groups is 3. The van der Waals surface area contributed by atoms with Gasteiger partial charge in [0.15, 0.2) is 6.29 Å². The summed E-state index contributed by atoms with van der Waals surface area (Å²) in [6, 6.07) is 12.2. The van der Waals surface area contributed by atoms with Crippen LogP contribution in [0.3, 0.4) is 0 Å². The van der Waals surface area contributed by atoms with Gasteiger partial charge in [0.1, 0.15) is 12.3 Å². The summed E-state index contributed by atoms with van der Waals surface area (Å²) in [5, 5.41) is 3.41. The van der Waals surface area contributed by atoms with E-state index in [4.69, 9.17) is 0 Å². The number of rotatable bonds is 5. The van der Waals surface area contributed by atoms with E-state index in [-0.39, 0.29) is 5.69 Å². The molecule has 2 aliphatic rings. The van der Waals surface area contributed by atoms with E-state index in [1.54, 1.807) is 0 Å². The minimum absolute atomic E-state index is 0.203. The van der Waals surface area contributed by atoms with Crippen LogP contribution in [0, 0.1) is 6.92 Å². The van der Waals surface area contributed by atoms with Crippen LogP contribution in [-0.4, -0.2) is 59.9 Å². The van der Waals surface area contributed by atoms with Gasteiger partial charge in [0.25, 0.3) is 0 Å². The van der Waals surface area contributed by atoms with Gasteiger partial charge in [-0.1, -0.05) is 17.7 Å². The first-order chi connectivity index (χ1) is 15.6. The Kier molecular flexibility index (Phi) is 5.85. The van der Waals surface area contributed by atoms with Crippen LogP contribution in [0.1, 0.15) is 5.56 Å². The van der Waals surface area contributed by atoms with Gasteiger partial charge in [-0.3, -0.25) is 24.3 Å². The molecule has 2 aliphatic heterocycles. The predicted molar refractivity (Wildman–Crippen MR) is 111 cm³/mol. The molecule has 3 amide bonds. The fourth-order valence-corrected chi connectivity index (χ4v) is 3.62. The number of fused-ring (bicyclic) bond motifs is 1. The fraction of sp³-hybridized carbons (Fsp3) is 0.286. The second-order valence-electron chi connectivity index (χ2n) is 7.54. The van der Waals surface area contributed by atoms with Crippen LogP contribution in [-0.2, 0) is 14.4 Å². The van der Waals surface area contributed by atoms with Gasteiger partial charge in [0, 0.05) is 24.5 Å². The van der Waals surface area contributed by atoms with Crippen LogP contribution >= 0.6 is 0 Å². The number of hydrogen-bond acceptors (Lipinski definition) is 6. The summed E-state index contributed by atoms with van der Waals surface area (Å²) in [6.07, 6.45) is -5.46. The Morgan fingerprint density at radius 2 is 1.67 bits per heavy atom. The van der Waals surface area contributed by atoms with Crippen LogP contribution in [0.4, 0.5) is 24.5 Å². The van der Waals surface area contributed by atoms with Crippen molar-refractivity contribution in [2.45, 2.75) is 19.6 Å². The Hall–Kier alpha value is -3.80. The maximum Gasteiger partial charge on any atom is 0.573 e. The van der Waals surface area contributed by atoms with Crippen molar-refractivity contribution in [3.8, 4) is 5.75 Å². The summed E-state index contributed by atoms with van der Waals surface area (Å²) in [4.78, 5) is 40.8. The molecule has 0 spiro atoms. The number of hydrogen-bond donors (Lipinski definition) is 2. The molecule has 33 heavy (non-hydrogen) atoms. The monoisotopic (exact) mass is 463 g/mol. The molecule has 12 heteroatoms. The van der Waals surface area contributed by atoms with Crippen molar-refractivity contribution in [3.63, 3.8) is 0 Å². The first kappa shape index (κ1) is 22.4. The third-order valence-electron chi connectivity index (χ3n) is 5.17. The van der Waals surface area contributed by atoms with Crippen LogP contribution in [0.2, 0.25) is 0 Å². The fourth-order valence-electron chi connectivity index (χ4n) is 3.62. The molecule has 0 saturated carbocycles. The number of nitrogens with one attached hydrogen (secondary N) is 2. The van der Waals surface area contributed by atoms with Crippen LogP contribution in [0.15, 0.2) is 48.5 Å². The zero-order valence-electron chi connectivity index (χ0n) is 17.4. The van der Waals surface area contributed by atoms with Crippen LogP contribution in [0.5, 0.6) is 5.75 Å². The number of hydrazine groups is 1. The van der Waals surface area contributed by atoms with E-state index in [1.807, 2.05) is 36.1 Å². The first-order valence-electron chi connectivity index (χ1n) is 9.98. The molecule has 0 aromatic heterocycles. The number of ether oxygens (including phenoxy) is 1. The number of nitrogens with zero attached hydrogens (tertiary/aromatic N) is 3. The molecular formula is C21H20F3N5O4. The molecule has 1 atom stereocenters. The maximum atomic E-state index is 12.6. The molecule has 2 saturated heterocycles. The number of alkyl halides is 3. The predicted octanol–water partition coefficient (Wildman–Crippen LogP) is 1.81. The van der Waals surface area contributed by atoms with Gasteiger partial charge in [-0.05, 0) is 43.3 Å². The molecule has 2 aromatic carbocycles. The largest absolute Gasteiger partial charge is 0.573 e. The summed E-state index contributed by atoms with van der Waals surface area (Å²) in [7, 11) is 0. The number of halogens is 3. The van der Waals surface area contributed by atoms with Crippen molar-refractivity contribution in [2.24, 2.45) is 0 Å². The molecule has 0 radical (unpaired) electrons. The summed E-state index contributed by atoms with van der Waals surface area (Å²) in [6.45, 7) is 2.34. The smallest absolute Gasteiger partial charge is 0.406 e. The average molecular weight is 463 g/mol. The molecule has 9 nitrogen and oxygen atoms in total. The van der Waals surface area contributed by atoms with Gasteiger partial charge in [-0.15, -0.1) is 13.2 Å². The Bertz CT molecular complexity index is 1060. The molecule has 0 aliphatic carbocycles. The molecule has 174 valence electrons. The number of benzene rings is 2. The highest BCUT2D eigenvalue weighted by Crippen LogP contribution is 2.26. The highest BCUT2D eigenvalue weighted by atomic mass is 19.4. The molecular weight excluding hydrogens is 443 g/mol. The van der Waals surface area contributed by atoms with Gasteiger partial charge in [-0.25, -0.2) is 0 Å². The molecule has 1 unspecified atom stereocenters. The standard InChI is InChI=1S/C21H20F3N5O4/c1-13-2-6-15(7-3-13)27-10-11-28-18(31)19(32)29(26-20(27)28)12-17(30)25-14-4-8-16(9-5-14)33-21(22,23)24/h2-9,20,26H,10-12H2,1H3,(H,25,30). The third-order valence-corrected chi connectivity index (χ3v) is 5.17. The van der Waals surface area contributed by atoms with Crippen molar-refractivity contribution >= 4 is 29.1 Å². The average Bonchev–Trinajstić information content (AvgIpc) is 3.16. The Balaban J connectivity index is 1.41. The SMILES string of the molecule is Cc1ccc(N2CCN3C(=O)C(=O)N(CC(=O)Nc4ccc(OC(F)(F)F)cc4)NC32)cc1. The molecule has 2 aromatic rings. The molecule has 0 bridgehead atoms. The van der Waals surface area contributed by atoms with E-state index in [0.717, 1.165) is 28.4 Å². The van der Waals surface area contributed by atoms with Gasteiger partial charge >= 0.3 is 18.2 Å². The maximum absolute atomic E-state index is 12.6. The Labute approximate surface area is 186 Å². The van der Waals surface area contributed by atoms with Crippen molar-refractivity contribution in [3.05, 3.63) is 54.1 Å². The van der Waals surface area contributed by atoms with Crippen LogP contribution < -0.4 is 20.4 Å². The topological polar surface area (TPSA) is 94.2 Å². The summed E-state index contributed by atoms with van der Waals surface area (Å²) < 4.78 is 40.5. The van der Waals surface area contributed by atoms with E-state index in [2.05, 4.69) is 15.5 Å². The lowest BCUT2D eigenvalue weighted by atomic mass is 10.2. The van der Waals surface area contributed by atoms with E-state index in [0.29, 0.717) is 13.1 Å². The van der Waals surface area contributed by atoms with E-state index < -0.39 is 42.7 Å². The van der Waals surface area contributed by atoms with Crippen LogP contribution in [0.25, 0.3) is 0 Å². The van der Waals surface area contributed by atoms with E-state index in [1.165, 1.54) is 17.0 Å². The lowest BCUT2D eigenvalue weighted by Crippen LogP contribution is -2.68. The van der Waals surface area contributed by atoms with E-state index >= 15 is 0 Å². The molecule has 4 rings (SSSR count). The second-order valence-corrected chi connectivity index (χ2v) is 7.54. The normalized spacial score (nSPS) is 18.4. The second kappa shape index (κ2) is 8.62. The summed E-state index contributed by atoms with van der Waals surface area (Å²) in [5.74, 6) is -2.67. The lowest BCUT2D eigenvalue weighted by molar-refractivity contribution is -0.274. The molecule has 2 heterocycles. The van der Waals surface area contributed by atoms with Gasteiger partial charge in [0.05, 0.1) is 0 Å². The summed E-state index contributed by atoms with van der Waals surface area (Å²) >= 11 is 0. The highest BCUT2D eigenvalue weighted by Gasteiger charge is 2.45. The zero-order chi connectivity index (χ0) is 23.8. The third kappa shape index (κ3) is 5.00. The first-order valence-corrected chi connectivity index (χ1v) is 9.98. The van der Waals surface area contributed by atoms with Crippen molar-refractivity contribution in [1.29, 1.82) is 0 Å². The number of amides is 3. The quantitative estimate of drug-likeness (QED) is 0.657. The molecule has 2 N–H and O–H groups in total. The highest BCUT2D eigenvalue weighted by molar-refractivity contribution is 6.35. The van der Waals surface area contributed by atoms with Gasteiger partial charge in [0.2, 0.25) is 5.91 Å². The minimum atomic E-state index is -4.82. The Morgan fingerprint density at radius 3 is 2.30 bits per heavy atom. The van der Waals surface area contributed by atoms with Gasteiger partial charge in [-0.2, -0.15) is 5.43 Å². The van der Waals surface area contributed by atoms with E-state index in [9.17, 15) is 27.6 Å². The number of anilines is 2. The Morgan fingerprint density at radius 1 is 1.03 bits per heavy atom. The van der Waals surface area contributed by atoms with Crippen molar-refractivity contribution in [2.75, 3.05) is 29.9 Å². The minimum Gasteiger partial charge on any atom is -0.406 e. The van der Waals surface area contributed by atoms with Gasteiger partial charge < -0.3 is 15.0 Å². The number of aryl methyl sites for hydroxylation is 1. The molecule has 2 fully saturated rings.